The number of ether oxygens (including phenoxy) is 2. The summed E-state index contributed by atoms with van der Waals surface area (Å²) in [6, 6.07) is 17.2. The smallest absolute Gasteiger partial charge is 0.411 e. The first-order chi connectivity index (χ1) is 14.9. The fraction of sp³-hybridized carbons (Fsp3) is 0.435. The highest BCUT2D eigenvalue weighted by atomic mass is 127. The molecule has 9 heteroatoms. The van der Waals surface area contributed by atoms with Crippen LogP contribution in [0.4, 0.5) is 13.2 Å². The Morgan fingerprint density at radius 1 is 1.06 bits per heavy atom. The molecule has 5 nitrogen and oxygen atoms in total. The van der Waals surface area contributed by atoms with Gasteiger partial charge in [0.05, 0.1) is 6.61 Å². The minimum atomic E-state index is -4.31. The molecule has 176 valence electrons. The van der Waals surface area contributed by atoms with Crippen LogP contribution in [-0.4, -0.2) is 49.9 Å². The fourth-order valence-electron chi connectivity index (χ4n) is 3.50. The number of hydrogen-bond acceptors (Lipinski definition) is 3. The number of likely N-dealkylation sites (tertiary alicyclic amines) is 1. The van der Waals surface area contributed by atoms with Crippen LogP contribution in [0.2, 0.25) is 0 Å². The van der Waals surface area contributed by atoms with Crippen LogP contribution in [-0.2, 0) is 17.9 Å². The normalized spacial score (nSPS) is 15.2. The number of benzene rings is 2. The van der Waals surface area contributed by atoms with Gasteiger partial charge in [0, 0.05) is 39.5 Å². The van der Waals surface area contributed by atoms with Gasteiger partial charge in [-0.3, -0.25) is 4.99 Å². The second-order valence-corrected chi connectivity index (χ2v) is 7.45. The van der Waals surface area contributed by atoms with E-state index in [9.17, 15) is 13.2 Å². The number of halogens is 4. The largest absolute Gasteiger partial charge is 0.490 e. The molecule has 2 aromatic rings. The third-order valence-electron chi connectivity index (χ3n) is 4.98. The van der Waals surface area contributed by atoms with Crippen LogP contribution in [0.25, 0.3) is 0 Å². The molecule has 0 radical (unpaired) electrons. The lowest BCUT2D eigenvalue weighted by Crippen LogP contribution is -2.47. The van der Waals surface area contributed by atoms with Crippen LogP contribution in [0.3, 0.4) is 0 Å². The maximum Gasteiger partial charge on any atom is 0.411 e. The van der Waals surface area contributed by atoms with Crippen LogP contribution < -0.4 is 10.1 Å². The summed E-state index contributed by atoms with van der Waals surface area (Å²) in [7, 11) is 1.75. The molecule has 2 aromatic carbocycles. The monoisotopic (exact) mass is 563 g/mol. The molecule has 0 atom stereocenters. The Balaban J connectivity index is 0.00000363. The minimum Gasteiger partial charge on any atom is -0.490 e. The maximum absolute atomic E-state index is 12.2. The summed E-state index contributed by atoms with van der Waals surface area (Å²) in [5.41, 5.74) is 1.66. The Morgan fingerprint density at radius 2 is 1.75 bits per heavy atom. The Bertz CT molecular complexity index is 842. The summed E-state index contributed by atoms with van der Waals surface area (Å²) in [5.74, 6) is 1.69. The molecule has 0 unspecified atom stereocenters. The van der Waals surface area contributed by atoms with E-state index in [4.69, 9.17) is 9.47 Å². The first-order valence-corrected chi connectivity index (χ1v) is 10.3. The molecule has 1 aliphatic rings. The molecule has 0 spiro atoms. The van der Waals surface area contributed by atoms with Crippen molar-refractivity contribution >= 4 is 29.9 Å². The quantitative estimate of drug-likeness (QED) is 0.293. The van der Waals surface area contributed by atoms with Gasteiger partial charge >= 0.3 is 6.18 Å². The van der Waals surface area contributed by atoms with Crippen LogP contribution in [0, 0.1) is 0 Å². The molecule has 0 amide bonds. The fourth-order valence-corrected chi connectivity index (χ4v) is 3.50. The predicted octanol–water partition coefficient (Wildman–Crippen LogP) is 5.00. The predicted molar refractivity (Wildman–Crippen MR) is 129 cm³/mol. The van der Waals surface area contributed by atoms with E-state index >= 15 is 0 Å². The summed E-state index contributed by atoms with van der Waals surface area (Å²) in [6.07, 6.45) is -2.32. The summed E-state index contributed by atoms with van der Waals surface area (Å²) in [4.78, 5) is 6.57. The van der Waals surface area contributed by atoms with Gasteiger partial charge in [-0.05, 0) is 23.3 Å². The summed E-state index contributed by atoms with van der Waals surface area (Å²) < 4.78 is 47.5. The Morgan fingerprint density at radius 3 is 2.41 bits per heavy atom. The van der Waals surface area contributed by atoms with Crippen molar-refractivity contribution in [2.45, 2.75) is 38.3 Å². The number of alkyl halides is 3. The molecular formula is C23H29F3IN3O2. The van der Waals surface area contributed by atoms with E-state index in [1.807, 2.05) is 48.5 Å². The van der Waals surface area contributed by atoms with Gasteiger partial charge in [0.2, 0.25) is 0 Å². The van der Waals surface area contributed by atoms with Gasteiger partial charge in [0.1, 0.15) is 18.5 Å². The Labute approximate surface area is 204 Å². The van der Waals surface area contributed by atoms with E-state index < -0.39 is 12.8 Å². The van der Waals surface area contributed by atoms with Gasteiger partial charge in [0.15, 0.2) is 5.96 Å². The summed E-state index contributed by atoms with van der Waals surface area (Å²) >= 11 is 0. The standard InChI is InChI=1S/C23H28F3N3O2.HI/c1-27-22(29-12-10-21(11-13-29)31-20-8-3-2-4-9-20)28-15-18-6-5-7-19(14-18)16-30-17-23(24,25)26;/h2-9,14,21H,10-13,15-17H2,1H3,(H,27,28);1H. The number of guanidine groups is 1. The van der Waals surface area contributed by atoms with Crippen molar-refractivity contribution in [1.29, 1.82) is 0 Å². The third kappa shape index (κ3) is 8.85. The van der Waals surface area contributed by atoms with Crippen molar-refractivity contribution in [3.05, 3.63) is 65.7 Å². The van der Waals surface area contributed by atoms with Gasteiger partial charge in [-0.15, -0.1) is 24.0 Å². The number of aliphatic imine (C=N–C) groups is 1. The highest BCUT2D eigenvalue weighted by Crippen LogP contribution is 2.19. The lowest BCUT2D eigenvalue weighted by atomic mass is 10.1. The van der Waals surface area contributed by atoms with E-state index in [2.05, 4.69) is 15.2 Å². The number of hydrogen-bond donors (Lipinski definition) is 1. The molecule has 1 fully saturated rings. The van der Waals surface area contributed by atoms with E-state index in [0.29, 0.717) is 12.1 Å². The molecular weight excluding hydrogens is 534 g/mol. The van der Waals surface area contributed by atoms with Crippen LogP contribution in [0.15, 0.2) is 59.6 Å². The molecule has 0 aliphatic carbocycles. The second kappa shape index (κ2) is 12.9. The first-order valence-electron chi connectivity index (χ1n) is 10.3. The number of para-hydroxylation sites is 1. The Hall–Kier alpha value is -2.01. The zero-order valence-electron chi connectivity index (χ0n) is 18.0. The number of rotatable bonds is 7. The first kappa shape index (κ1) is 26.2. The number of piperidine rings is 1. The lowest BCUT2D eigenvalue weighted by molar-refractivity contribution is -0.176. The lowest BCUT2D eigenvalue weighted by Gasteiger charge is -2.34. The van der Waals surface area contributed by atoms with Crippen molar-refractivity contribution in [3.8, 4) is 5.75 Å². The zero-order chi connectivity index (χ0) is 22.1. The molecule has 0 aromatic heterocycles. The molecule has 3 rings (SSSR count). The highest BCUT2D eigenvalue weighted by molar-refractivity contribution is 14.0. The minimum absolute atomic E-state index is 0. The number of nitrogens with zero attached hydrogens (tertiary/aromatic N) is 2. The maximum atomic E-state index is 12.2. The van der Waals surface area contributed by atoms with Gasteiger partial charge in [-0.2, -0.15) is 13.2 Å². The van der Waals surface area contributed by atoms with Crippen LogP contribution in [0.5, 0.6) is 5.75 Å². The molecule has 1 N–H and O–H groups in total. The van der Waals surface area contributed by atoms with Gasteiger partial charge in [-0.1, -0.05) is 42.5 Å². The molecule has 0 bridgehead atoms. The zero-order valence-corrected chi connectivity index (χ0v) is 20.3. The van der Waals surface area contributed by atoms with E-state index in [-0.39, 0.29) is 36.7 Å². The SMILES string of the molecule is CN=C(NCc1cccc(COCC(F)(F)F)c1)N1CCC(Oc2ccccc2)CC1.I. The number of nitrogens with one attached hydrogen (secondary N) is 1. The van der Waals surface area contributed by atoms with Crippen molar-refractivity contribution < 1.29 is 22.6 Å². The molecule has 1 aliphatic heterocycles. The van der Waals surface area contributed by atoms with Gasteiger partial charge < -0.3 is 19.7 Å². The average Bonchev–Trinajstić information content (AvgIpc) is 2.75. The van der Waals surface area contributed by atoms with E-state index in [1.165, 1.54) is 0 Å². The summed E-state index contributed by atoms with van der Waals surface area (Å²) in [6.45, 7) is 0.883. The van der Waals surface area contributed by atoms with Crippen molar-refractivity contribution in [2.24, 2.45) is 4.99 Å². The van der Waals surface area contributed by atoms with Crippen molar-refractivity contribution in [3.63, 3.8) is 0 Å². The Kier molecular flexibility index (Phi) is 10.6. The van der Waals surface area contributed by atoms with E-state index in [0.717, 1.165) is 43.2 Å². The molecule has 0 saturated carbocycles. The molecule has 1 heterocycles. The average molecular weight is 563 g/mol. The van der Waals surface area contributed by atoms with Crippen molar-refractivity contribution in [2.75, 3.05) is 26.7 Å². The molecule has 32 heavy (non-hydrogen) atoms. The molecule has 1 saturated heterocycles. The highest BCUT2D eigenvalue weighted by Gasteiger charge is 2.27. The third-order valence-corrected chi connectivity index (χ3v) is 4.98. The summed E-state index contributed by atoms with van der Waals surface area (Å²) in [5, 5.41) is 3.34. The van der Waals surface area contributed by atoms with Gasteiger partial charge in [-0.25, -0.2) is 0 Å². The van der Waals surface area contributed by atoms with Gasteiger partial charge in [0.25, 0.3) is 0 Å². The van der Waals surface area contributed by atoms with E-state index in [1.54, 1.807) is 13.1 Å². The van der Waals surface area contributed by atoms with Crippen LogP contribution in [0.1, 0.15) is 24.0 Å². The topological polar surface area (TPSA) is 46.1 Å². The second-order valence-electron chi connectivity index (χ2n) is 7.45. The van der Waals surface area contributed by atoms with Crippen molar-refractivity contribution in [1.82, 2.24) is 10.2 Å². The van der Waals surface area contributed by atoms with Crippen LogP contribution >= 0.6 is 24.0 Å².